The smallest absolute Gasteiger partial charge is 0.338 e. The monoisotopic (exact) mass is 1030 g/mol. The minimum Gasteiger partial charge on any atom is -0.460 e. The molecule has 0 aliphatic rings. The van der Waals surface area contributed by atoms with E-state index < -0.39 is 46.8 Å². The van der Waals surface area contributed by atoms with Gasteiger partial charge in [0.25, 0.3) is 11.8 Å². The van der Waals surface area contributed by atoms with Crippen LogP contribution in [0.15, 0.2) is 146 Å². The fourth-order valence-corrected chi connectivity index (χ4v) is 7.80. The van der Waals surface area contributed by atoms with Crippen LogP contribution in [0.5, 0.6) is 0 Å². The van der Waals surface area contributed by atoms with Crippen molar-refractivity contribution < 1.29 is 66.8 Å². The summed E-state index contributed by atoms with van der Waals surface area (Å²) in [5.41, 5.74) is 2.57. The summed E-state index contributed by atoms with van der Waals surface area (Å²) in [6, 6.07) is 39.2. The first kappa shape index (κ1) is 56.7. The quantitative estimate of drug-likeness (QED) is 0.0237. The molecule has 0 radical (unpaired) electrons. The molecule has 0 saturated heterocycles. The Bertz CT molecular complexity index is 3070. The van der Waals surface area contributed by atoms with E-state index in [1.54, 1.807) is 88.4 Å². The molecule has 0 aromatic heterocycles. The Morgan fingerprint density at radius 2 is 0.934 bits per heavy atom. The van der Waals surface area contributed by atoms with E-state index in [1.807, 2.05) is 24.3 Å². The van der Waals surface area contributed by atoms with Gasteiger partial charge in [0.2, 0.25) is 0 Å². The molecule has 0 aliphatic carbocycles. The van der Waals surface area contributed by atoms with Crippen LogP contribution in [0.3, 0.4) is 0 Å². The lowest BCUT2D eigenvalue weighted by Gasteiger charge is -2.26. The number of benzene rings is 6. The molecule has 16 heteroatoms. The van der Waals surface area contributed by atoms with Crippen LogP contribution in [0.1, 0.15) is 140 Å². The Kier molecular flexibility index (Phi) is 19.8. The molecular formula is C60H60N2O14. The van der Waals surface area contributed by atoms with Crippen LogP contribution in [-0.2, 0) is 54.5 Å². The maximum absolute atomic E-state index is 13.6. The zero-order valence-corrected chi connectivity index (χ0v) is 43.2. The minimum atomic E-state index is -1.35. The molecule has 6 aromatic rings. The standard InChI is InChI=1S/C60H60N2O14/c1-39(63)42-21-23-43(24-22-42)56(68)73-31-32-75-60(4,5)52(64)46-17-12-18-47(34-46)57(69)74-38-49-16-8-10-20-51(49)54(66)62-37-41-14-11-13-40(33-41)36-61-53(65)50-19-9-7-15-48(50)35-59(2,3)76-58(70)45-27-25-44(26-28-45)55(67)72-30-29-71-6/h7-28,33-34H,29-32,35-38H2,1-6H3,(H,61,65)(H,62,66). The summed E-state index contributed by atoms with van der Waals surface area (Å²) in [4.78, 5) is 103. The number of Topliss-reactive ketones (excluding diaryl/α,β-unsaturated/α-hetero) is 2. The highest BCUT2D eigenvalue weighted by molar-refractivity contribution is 6.04. The normalized spacial score (nSPS) is 11.2. The van der Waals surface area contributed by atoms with Crippen molar-refractivity contribution in [2.24, 2.45) is 0 Å². The number of ketones is 2. The number of hydrogen-bond acceptors (Lipinski definition) is 14. The highest BCUT2D eigenvalue weighted by Crippen LogP contribution is 2.24. The predicted octanol–water partition coefficient (Wildman–Crippen LogP) is 8.92. The summed E-state index contributed by atoms with van der Waals surface area (Å²) in [6.45, 7) is 8.31. The summed E-state index contributed by atoms with van der Waals surface area (Å²) in [5.74, 6) is -3.74. The van der Waals surface area contributed by atoms with Gasteiger partial charge in [0.1, 0.15) is 31.0 Å². The number of carbonyl (C=O) groups excluding carboxylic acids is 8. The molecule has 2 N–H and O–H groups in total. The van der Waals surface area contributed by atoms with Gasteiger partial charge >= 0.3 is 23.9 Å². The summed E-state index contributed by atoms with van der Waals surface area (Å²) < 4.78 is 32.6. The summed E-state index contributed by atoms with van der Waals surface area (Å²) >= 11 is 0. The van der Waals surface area contributed by atoms with Crippen molar-refractivity contribution in [3.8, 4) is 0 Å². The third-order valence-corrected chi connectivity index (χ3v) is 11.9. The number of amides is 2. The Morgan fingerprint density at radius 3 is 1.50 bits per heavy atom. The molecule has 0 spiro atoms. The molecule has 0 atom stereocenters. The third kappa shape index (κ3) is 16.2. The highest BCUT2D eigenvalue weighted by Gasteiger charge is 2.31. The molecule has 6 rings (SSSR count). The lowest BCUT2D eigenvalue weighted by atomic mass is 9.94. The molecule has 16 nitrogen and oxygen atoms in total. The van der Waals surface area contributed by atoms with E-state index in [0.717, 1.165) is 11.1 Å². The van der Waals surface area contributed by atoms with Gasteiger partial charge < -0.3 is 39.1 Å². The number of hydrogen-bond donors (Lipinski definition) is 2. The summed E-state index contributed by atoms with van der Waals surface area (Å²) in [7, 11) is 1.50. The van der Waals surface area contributed by atoms with Gasteiger partial charge in [-0.2, -0.15) is 0 Å². The second kappa shape index (κ2) is 26.6. The number of carbonyl (C=O) groups is 8. The largest absolute Gasteiger partial charge is 0.460 e. The average Bonchev–Trinajstić information content (AvgIpc) is 3.42. The maximum atomic E-state index is 13.6. The Hall–Kier alpha value is -8.60. The van der Waals surface area contributed by atoms with Crippen LogP contribution < -0.4 is 10.6 Å². The van der Waals surface area contributed by atoms with Crippen LogP contribution in [0.25, 0.3) is 0 Å². The maximum Gasteiger partial charge on any atom is 0.338 e. The van der Waals surface area contributed by atoms with Crippen LogP contribution in [0.2, 0.25) is 0 Å². The van der Waals surface area contributed by atoms with E-state index in [2.05, 4.69) is 10.6 Å². The van der Waals surface area contributed by atoms with Gasteiger partial charge in [0.15, 0.2) is 11.6 Å². The fraction of sp³-hybridized carbons (Fsp3) is 0.267. The second-order valence-corrected chi connectivity index (χ2v) is 18.6. The van der Waals surface area contributed by atoms with E-state index in [0.29, 0.717) is 27.8 Å². The first-order valence-corrected chi connectivity index (χ1v) is 24.4. The molecule has 2 amide bonds. The van der Waals surface area contributed by atoms with E-state index >= 15 is 0 Å². The molecule has 0 saturated carbocycles. The van der Waals surface area contributed by atoms with Gasteiger partial charge in [0.05, 0.1) is 35.5 Å². The molecule has 76 heavy (non-hydrogen) atoms. The van der Waals surface area contributed by atoms with Gasteiger partial charge in [0, 0.05) is 54.4 Å². The summed E-state index contributed by atoms with van der Waals surface area (Å²) in [5, 5.41) is 5.89. The summed E-state index contributed by atoms with van der Waals surface area (Å²) in [6.07, 6.45) is 0.229. The predicted molar refractivity (Wildman–Crippen MR) is 280 cm³/mol. The van der Waals surface area contributed by atoms with Crippen LogP contribution >= 0.6 is 0 Å². The highest BCUT2D eigenvalue weighted by atomic mass is 16.6. The minimum absolute atomic E-state index is 0.0858. The first-order valence-electron chi connectivity index (χ1n) is 24.4. The van der Waals surface area contributed by atoms with Crippen molar-refractivity contribution in [2.75, 3.05) is 33.5 Å². The lowest BCUT2D eigenvalue weighted by molar-refractivity contribution is -0.0244. The van der Waals surface area contributed by atoms with Gasteiger partial charge in [-0.15, -0.1) is 0 Å². The topological polar surface area (TPSA) is 216 Å². The van der Waals surface area contributed by atoms with E-state index in [1.165, 1.54) is 74.7 Å². The van der Waals surface area contributed by atoms with Gasteiger partial charge in [-0.25, -0.2) is 19.2 Å². The van der Waals surface area contributed by atoms with E-state index in [9.17, 15) is 38.4 Å². The Morgan fingerprint density at radius 1 is 0.461 bits per heavy atom. The molecule has 0 unspecified atom stereocenters. The number of ether oxygens (including phenoxy) is 6. The first-order chi connectivity index (χ1) is 36.3. The molecule has 0 fully saturated rings. The Labute approximate surface area is 441 Å². The molecule has 394 valence electrons. The fourth-order valence-electron chi connectivity index (χ4n) is 7.80. The van der Waals surface area contributed by atoms with Crippen LogP contribution in [-0.4, -0.2) is 92.0 Å². The number of methoxy groups -OCH3 is 1. The van der Waals surface area contributed by atoms with Crippen molar-refractivity contribution in [2.45, 2.75) is 71.9 Å². The van der Waals surface area contributed by atoms with Crippen LogP contribution in [0, 0.1) is 0 Å². The molecule has 0 heterocycles. The number of rotatable bonds is 25. The van der Waals surface area contributed by atoms with E-state index in [4.69, 9.17) is 28.4 Å². The van der Waals surface area contributed by atoms with Gasteiger partial charge in [-0.05, 0) is 112 Å². The second-order valence-electron chi connectivity index (χ2n) is 18.6. The third-order valence-electron chi connectivity index (χ3n) is 11.9. The Balaban J connectivity index is 0.967. The van der Waals surface area contributed by atoms with Crippen molar-refractivity contribution >= 4 is 47.3 Å². The van der Waals surface area contributed by atoms with Crippen molar-refractivity contribution in [3.05, 3.63) is 212 Å². The zero-order valence-electron chi connectivity index (χ0n) is 43.2. The average molecular weight is 1030 g/mol. The van der Waals surface area contributed by atoms with Gasteiger partial charge in [-0.3, -0.25) is 19.2 Å². The molecule has 0 aliphatic heterocycles. The van der Waals surface area contributed by atoms with Crippen molar-refractivity contribution in [3.63, 3.8) is 0 Å². The zero-order chi connectivity index (χ0) is 54.8. The van der Waals surface area contributed by atoms with Gasteiger partial charge in [-0.1, -0.05) is 84.9 Å². The molecular weight excluding hydrogens is 973 g/mol. The molecule has 6 aromatic carbocycles. The molecule has 0 bridgehead atoms. The van der Waals surface area contributed by atoms with E-state index in [-0.39, 0.29) is 92.1 Å². The van der Waals surface area contributed by atoms with Crippen molar-refractivity contribution in [1.82, 2.24) is 10.6 Å². The van der Waals surface area contributed by atoms with Crippen molar-refractivity contribution in [1.29, 1.82) is 0 Å². The lowest BCUT2D eigenvalue weighted by Crippen LogP contribution is -2.36. The number of nitrogens with one attached hydrogen (secondary N) is 2. The number of esters is 4. The SMILES string of the molecule is COCCOC(=O)c1ccc(C(=O)OC(C)(C)Cc2ccccc2C(=O)NCc2cccc(CNC(=O)c3ccccc3COC(=O)c3cccc(C(=O)C(C)(C)OCCOC(=O)c4ccc(C(C)=O)cc4)c3)c2)cc1. The van der Waals surface area contributed by atoms with Crippen LogP contribution in [0.4, 0.5) is 0 Å².